The average Bonchev–Trinajstić information content (AvgIpc) is 3.10. The molecule has 0 aliphatic heterocycles. The predicted octanol–water partition coefficient (Wildman–Crippen LogP) is 5.20. The van der Waals surface area contributed by atoms with Gasteiger partial charge in [0.15, 0.2) is 5.13 Å². The molecule has 1 N–H and O–H groups in total. The van der Waals surface area contributed by atoms with Crippen molar-refractivity contribution in [2.45, 2.75) is 39.7 Å². The summed E-state index contributed by atoms with van der Waals surface area (Å²) < 4.78 is 5.89. The SMILES string of the molecule is Cc1nc2c(s1)-c1nc(Nc3ccccc3OC(C)C)sc1CC2. The normalized spacial score (nSPS) is 12.8. The molecule has 0 radical (unpaired) electrons. The molecule has 124 valence electrons. The van der Waals surface area contributed by atoms with Gasteiger partial charge in [0.05, 0.1) is 33.1 Å². The minimum Gasteiger partial charge on any atom is -0.489 e. The Hall–Kier alpha value is -1.92. The van der Waals surface area contributed by atoms with Gasteiger partial charge >= 0.3 is 0 Å². The van der Waals surface area contributed by atoms with Crippen molar-refractivity contribution in [3.05, 3.63) is 39.8 Å². The third-order valence-corrected chi connectivity index (χ3v) is 5.85. The summed E-state index contributed by atoms with van der Waals surface area (Å²) in [5.74, 6) is 0.856. The number of benzene rings is 1. The summed E-state index contributed by atoms with van der Waals surface area (Å²) in [6, 6.07) is 8.01. The average molecular weight is 358 g/mol. The van der Waals surface area contributed by atoms with E-state index in [0.717, 1.165) is 40.1 Å². The third kappa shape index (κ3) is 2.91. The molecule has 3 aromatic rings. The summed E-state index contributed by atoms with van der Waals surface area (Å²) in [6.45, 7) is 6.13. The number of rotatable bonds is 4. The second-order valence-electron chi connectivity index (χ2n) is 6.09. The molecule has 0 bridgehead atoms. The Bertz CT molecular complexity index is 882. The predicted molar refractivity (Wildman–Crippen MR) is 101 cm³/mol. The number of para-hydroxylation sites is 2. The molecule has 1 aliphatic carbocycles. The van der Waals surface area contributed by atoms with Gasteiger partial charge in [0.1, 0.15) is 5.75 Å². The maximum Gasteiger partial charge on any atom is 0.188 e. The second-order valence-corrected chi connectivity index (χ2v) is 8.37. The van der Waals surface area contributed by atoms with E-state index in [9.17, 15) is 0 Å². The fourth-order valence-corrected chi connectivity index (χ4v) is 4.88. The van der Waals surface area contributed by atoms with Crippen LogP contribution >= 0.6 is 22.7 Å². The van der Waals surface area contributed by atoms with E-state index in [-0.39, 0.29) is 6.10 Å². The molecule has 2 aromatic heterocycles. The molecule has 1 aromatic carbocycles. The molecule has 4 rings (SSSR count). The van der Waals surface area contributed by atoms with Gasteiger partial charge in [-0.25, -0.2) is 9.97 Å². The van der Waals surface area contributed by atoms with Crippen LogP contribution in [0.15, 0.2) is 24.3 Å². The highest BCUT2D eigenvalue weighted by Crippen LogP contribution is 2.42. The summed E-state index contributed by atoms with van der Waals surface area (Å²) >= 11 is 3.48. The Morgan fingerprint density at radius 3 is 2.79 bits per heavy atom. The van der Waals surface area contributed by atoms with Gasteiger partial charge in [0.25, 0.3) is 0 Å². The van der Waals surface area contributed by atoms with E-state index in [0.29, 0.717) is 0 Å². The van der Waals surface area contributed by atoms with Crippen LogP contribution in [0, 0.1) is 6.92 Å². The van der Waals surface area contributed by atoms with Crippen LogP contribution in [0.3, 0.4) is 0 Å². The zero-order valence-corrected chi connectivity index (χ0v) is 15.6. The van der Waals surface area contributed by atoms with E-state index in [1.165, 1.54) is 15.4 Å². The highest BCUT2D eigenvalue weighted by molar-refractivity contribution is 7.18. The number of ether oxygens (including phenoxy) is 1. The lowest BCUT2D eigenvalue weighted by atomic mass is 10.1. The van der Waals surface area contributed by atoms with Crippen LogP contribution in [0.1, 0.15) is 29.4 Å². The van der Waals surface area contributed by atoms with Gasteiger partial charge in [-0.3, -0.25) is 0 Å². The van der Waals surface area contributed by atoms with E-state index >= 15 is 0 Å². The molecular formula is C18H19N3OS2. The molecule has 0 unspecified atom stereocenters. The summed E-state index contributed by atoms with van der Waals surface area (Å²) in [5.41, 5.74) is 3.26. The van der Waals surface area contributed by atoms with Gasteiger partial charge in [0.2, 0.25) is 0 Å². The molecule has 0 saturated carbocycles. The quantitative estimate of drug-likeness (QED) is 0.697. The Labute approximate surface area is 149 Å². The molecule has 1 aliphatic rings. The topological polar surface area (TPSA) is 47.0 Å². The van der Waals surface area contributed by atoms with Gasteiger partial charge in [-0.2, -0.15) is 0 Å². The van der Waals surface area contributed by atoms with Gasteiger partial charge in [-0.05, 0) is 45.7 Å². The molecule has 0 saturated heterocycles. The fraction of sp³-hybridized carbons (Fsp3) is 0.333. The lowest BCUT2D eigenvalue weighted by Gasteiger charge is -2.14. The first kappa shape index (κ1) is 15.6. The monoisotopic (exact) mass is 357 g/mol. The number of fused-ring (bicyclic) bond motifs is 3. The standard InChI is InChI=1S/C18H19N3OS2/c1-10(2)22-14-7-5-4-6-12(14)20-18-21-16-15(24-18)9-8-13-17(16)23-11(3)19-13/h4-7,10H,8-9H2,1-3H3,(H,20,21). The number of hydrogen-bond acceptors (Lipinski definition) is 6. The van der Waals surface area contributed by atoms with Crippen molar-refractivity contribution in [2.75, 3.05) is 5.32 Å². The summed E-state index contributed by atoms with van der Waals surface area (Å²) in [4.78, 5) is 12.1. The first-order valence-electron chi connectivity index (χ1n) is 8.09. The number of anilines is 2. The summed E-state index contributed by atoms with van der Waals surface area (Å²) in [6.07, 6.45) is 2.18. The van der Waals surface area contributed by atoms with Gasteiger partial charge in [0, 0.05) is 4.88 Å². The van der Waals surface area contributed by atoms with E-state index in [1.807, 2.05) is 38.1 Å². The second kappa shape index (κ2) is 6.18. The van der Waals surface area contributed by atoms with E-state index in [1.54, 1.807) is 22.7 Å². The minimum atomic E-state index is 0.139. The van der Waals surface area contributed by atoms with Crippen LogP contribution in [0.25, 0.3) is 10.6 Å². The van der Waals surface area contributed by atoms with Gasteiger partial charge < -0.3 is 10.1 Å². The zero-order valence-electron chi connectivity index (χ0n) is 13.9. The Morgan fingerprint density at radius 2 is 1.96 bits per heavy atom. The Balaban J connectivity index is 1.65. The maximum absolute atomic E-state index is 5.89. The number of nitrogens with zero attached hydrogens (tertiary/aromatic N) is 2. The van der Waals surface area contributed by atoms with Crippen molar-refractivity contribution in [3.8, 4) is 16.3 Å². The van der Waals surface area contributed by atoms with Crippen LogP contribution in [-0.4, -0.2) is 16.1 Å². The van der Waals surface area contributed by atoms with Crippen molar-refractivity contribution in [3.63, 3.8) is 0 Å². The number of nitrogens with one attached hydrogen (secondary N) is 1. The van der Waals surface area contributed by atoms with Crippen molar-refractivity contribution in [1.82, 2.24) is 9.97 Å². The maximum atomic E-state index is 5.89. The highest BCUT2D eigenvalue weighted by atomic mass is 32.1. The summed E-state index contributed by atoms with van der Waals surface area (Å²) in [7, 11) is 0. The number of aryl methyl sites for hydroxylation is 3. The van der Waals surface area contributed by atoms with Crippen LogP contribution < -0.4 is 10.1 Å². The lowest BCUT2D eigenvalue weighted by Crippen LogP contribution is -2.07. The first-order valence-corrected chi connectivity index (χ1v) is 9.72. The molecule has 0 atom stereocenters. The van der Waals surface area contributed by atoms with Crippen LogP contribution in [0.5, 0.6) is 5.75 Å². The van der Waals surface area contributed by atoms with E-state index in [2.05, 4.69) is 17.2 Å². The lowest BCUT2D eigenvalue weighted by molar-refractivity contribution is 0.244. The van der Waals surface area contributed by atoms with Crippen LogP contribution in [0.4, 0.5) is 10.8 Å². The molecule has 2 heterocycles. The number of thiazole rings is 2. The largest absolute Gasteiger partial charge is 0.489 e. The Morgan fingerprint density at radius 1 is 1.12 bits per heavy atom. The molecule has 0 amide bonds. The highest BCUT2D eigenvalue weighted by Gasteiger charge is 2.24. The third-order valence-electron chi connectivity index (χ3n) is 3.80. The molecule has 0 spiro atoms. The molecule has 6 heteroatoms. The van der Waals surface area contributed by atoms with E-state index in [4.69, 9.17) is 9.72 Å². The molecule has 0 fully saturated rings. The first-order chi connectivity index (χ1) is 11.6. The van der Waals surface area contributed by atoms with E-state index < -0.39 is 0 Å². The van der Waals surface area contributed by atoms with Crippen molar-refractivity contribution in [2.24, 2.45) is 0 Å². The minimum absolute atomic E-state index is 0.139. The number of hydrogen-bond donors (Lipinski definition) is 1. The number of aromatic nitrogens is 2. The molecular weight excluding hydrogens is 338 g/mol. The smallest absolute Gasteiger partial charge is 0.188 e. The summed E-state index contributed by atoms with van der Waals surface area (Å²) in [5, 5.41) is 5.47. The molecule has 24 heavy (non-hydrogen) atoms. The van der Waals surface area contributed by atoms with Crippen LogP contribution in [0.2, 0.25) is 0 Å². The van der Waals surface area contributed by atoms with Gasteiger partial charge in [-0.15, -0.1) is 22.7 Å². The van der Waals surface area contributed by atoms with Crippen molar-refractivity contribution in [1.29, 1.82) is 0 Å². The fourth-order valence-electron chi connectivity index (χ4n) is 2.85. The van der Waals surface area contributed by atoms with Crippen molar-refractivity contribution >= 4 is 33.5 Å². The van der Waals surface area contributed by atoms with Gasteiger partial charge in [-0.1, -0.05) is 12.1 Å². The molecule has 4 nitrogen and oxygen atoms in total. The van der Waals surface area contributed by atoms with Crippen LogP contribution in [-0.2, 0) is 12.8 Å². The zero-order chi connectivity index (χ0) is 16.7. The Kier molecular flexibility index (Phi) is 4.02. The van der Waals surface area contributed by atoms with Crippen molar-refractivity contribution < 1.29 is 4.74 Å².